The van der Waals surface area contributed by atoms with E-state index in [4.69, 9.17) is 5.73 Å². The van der Waals surface area contributed by atoms with Crippen LogP contribution in [0.25, 0.3) is 0 Å². The lowest BCUT2D eigenvalue weighted by molar-refractivity contribution is -0.137. The summed E-state index contributed by atoms with van der Waals surface area (Å²) >= 11 is 0. The summed E-state index contributed by atoms with van der Waals surface area (Å²) in [6.07, 6.45) is -2.94. The highest BCUT2D eigenvalue weighted by molar-refractivity contribution is 5.82. The van der Waals surface area contributed by atoms with Gasteiger partial charge in [0.25, 0.3) is 0 Å². The zero-order valence-electron chi connectivity index (χ0n) is 10.3. The van der Waals surface area contributed by atoms with E-state index in [0.29, 0.717) is 18.5 Å². The molecule has 2 rings (SSSR count). The molecular formula is C13H15F3N2O. The number of carbonyl (C=O) groups is 1. The number of hydrogen-bond acceptors (Lipinski definition) is 2. The minimum atomic E-state index is -4.36. The second kappa shape index (κ2) is 5.21. The summed E-state index contributed by atoms with van der Waals surface area (Å²) in [4.78, 5) is 13.3. The summed E-state index contributed by atoms with van der Waals surface area (Å²) in [6.45, 7) is 0.721. The zero-order chi connectivity index (χ0) is 14.0. The van der Waals surface area contributed by atoms with Crippen molar-refractivity contribution in [3.63, 3.8) is 0 Å². The van der Waals surface area contributed by atoms with Gasteiger partial charge in [-0.2, -0.15) is 13.2 Å². The van der Waals surface area contributed by atoms with E-state index in [2.05, 4.69) is 0 Å². The van der Waals surface area contributed by atoms with E-state index in [1.54, 1.807) is 6.07 Å². The number of nitrogens with two attached hydrogens (primary N) is 1. The van der Waals surface area contributed by atoms with Crippen molar-refractivity contribution < 1.29 is 18.0 Å². The molecule has 0 spiro atoms. The zero-order valence-corrected chi connectivity index (χ0v) is 10.3. The van der Waals surface area contributed by atoms with Gasteiger partial charge in [-0.25, -0.2) is 0 Å². The Hall–Kier alpha value is -1.56. The van der Waals surface area contributed by atoms with E-state index in [0.717, 1.165) is 18.6 Å². The van der Waals surface area contributed by atoms with Gasteiger partial charge in [-0.05, 0) is 30.5 Å². The van der Waals surface area contributed by atoms with Crippen LogP contribution in [0, 0.1) is 0 Å². The quantitative estimate of drug-likeness (QED) is 0.896. The van der Waals surface area contributed by atoms with E-state index in [1.807, 2.05) is 0 Å². The van der Waals surface area contributed by atoms with Crippen LogP contribution in [0.15, 0.2) is 24.3 Å². The predicted octanol–water partition coefficient (Wildman–Crippen LogP) is 2.16. The summed E-state index contributed by atoms with van der Waals surface area (Å²) < 4.78 is 37.8. The van der Waals surface area contributed by atoms with E-state index >= 15 is 0 Å². The Morgan fingerprint density at radius 2 is 2.11 bits per heavy atom. The number of nitrogens with zero attached hydrogens (tertiary/aromatic N) is 1. The molecule has 19 heavy (non-hydrogen) atoms. The SMILES string of the molecule is NC1CCCN(Cc2cccc(C(F)(F)F)c2)C1=O. The number of hydrogen-bond donors (Lipinski definition) is 1. The molecule has 1 amide bonds. The second-order valence-corrected chi connectivity index (χ2v) is 4.71. The van der Waals surface area contributed by atoms with Gasteiger partial charge in [-0.3, -0.25) is 4.79 Å². The third-order valence-electron chi connectivity index (χ3n) is 3.20. The molecule has 1 atom stereocenters. The molecular weight excluding hydrogens is 257 g/mol. The van der Waals surface area contributed by atoms with Gasteiger partial charge in [-0.15, -0.1) is 0 Å². The van der Waals surface area contributed by atoms with Crippen LogP contribution in [0.5, 0.6) is 0 Å². The average Bonchev–Trinajstić information content (AvgIpc) is 2.34. The highest BCUT2D eigenvalue weighted by atomic mass is 19.4. The predicted molar refractivity (Wildman–Crippen MR) is 64.1 cm³/mol. The molecule has 1 fully saturated rings. The monoisotopic (exact) mass is 272 g/mol. The standard InChI is InChI=1S/C13H15F3N2O/c14-13(15,16)10-4-1-3-9(7-10)8-18-6-2-5-11(17)12(18)19/h1,3-4,7,11H,2,5-6,8,17H2. The largest absolute Gasteiger partial charge is 0.416 e. The summed E-state index contributed by atoms with van der Waals surface area (Å²) in [6, 6.07) is 4.51. The number of carbonyl (C=O) groups excluding carboxylic acids is 1. The van der Waals surface area contributed by atoms with Crippen LogP contribution in [-0.2, 0) is 17.5 Å². The van der Waals surface area contributed by atoms with E-state index < -0.39 is 17.8 Å². The molecule has 1 aliphatic heterocycles. The Kier molecular flexibility index (Phi) is 3.80. The number of likely N-dealkylation sites (tertiary alicyclic amines) is 1. The third-order valence-corrected chi connectivity index (χ3v) is 3.20. The minimum Gasteiger partial charge on any atom is -0.337 e. The van der Waals surface area contributed by atoms with Crippen molar-refractivity contribution in [2.24, 2.45) is 5.73 Å². The summed E-state index contributed by atoms with van der Waals surface area (Å²) in [5.41, 5.74) is 5.42. The first kappa shape index (κ1) is 13.9. The average molecular weight is 272 g/mol. The molecule has 1 aromatic carbocycles. The van der Waals surface area contributed by atoms with Crippen LogP contribution in [0.2, 0.25) is 0 Å². The molecule has 1 heterocycles. The first-order valence-corrected chi connectivity index (χ1v) is 6.08. The molecule has 1 aliphatic rings. The Balaban J connectivity index is 2.13. The van der Waals surface area contributed by atoms with E-state index in [9.17, 15) is 18.0 Å². The highest BCUT2D eigenvalue weighted by Gasteiger charge is 2.31. The molecule has 1 saturated heterocycles. The van der Waals surface area contributed by atoms with Crippen molar-refractivity contribution in [1.82, 2.24) is 4.90 Å². The number of alkyl halides is 3. The van der Waals surface area contributed by atoms with Gasteiger partial charge in [0.15, 0.2) is 0 Å². The van der Waals surface area contributed by atoms with Gasteiger partial charge in [0.05, 0.1) is 11.6 Å². The molecule has 6 heteroatoms. The maximum absolute atomic E-state index is 12.6. The Morgan fingerprint density at radius 3 is 2.79 bits per heavy atom. The van der Waals surface area contributed by atoms with E-state index in [-0.39, 0.29) is 12.5 Å². The molecule has 1 unspecified atom stereocenters. The van der Waals surface area contributed by atoms with Crippen LogP contribution in [-0.4, -0.2) is 23.4 Å². The Labute approximate surface area is 109 Å². The fourth-order valence-electron chi connectivity index (χ4n) is 2.19. The number of piperidine rings is 1. The molecule has 3 nitrogen and oxygen atoms in total. The van der Waals surface area contributed by atoms with Crippen LogP contribution < -0.4 is 5.73 Å². The molecule has 0 bridgehead atoms. The maximum atomic E-state index is 12.6. The second-order valence-electron chi connectivity index (χ2n) is 4.71. The van der Waals surface area contributed by atoms with Crippen molar-refractivity contribution in [2.45, 2.75) is 31.6 Å². The van der Waals surface area contributed by atoms with Crippen molar-refractivity contribution in [1.29, 1.82) is 0 Å². The molecule has 2 N–H and O–H groups in total. The molecule has 1 aromatic rings. The first-order valence-electron chi connectivity index (χ1n) is 6.08. The van der Waals surface area contributed by atoms with Gasteiger partial charge in [-0.1, -0.05) is 12.1 Å². The van der Waals surface area contributed by atoms with Crippen molar-refractivity contribution >= 4 is 5.91 Å². The molecule has 0 saturated carbocycles. The summed E-state index contributed by atoms with van der Waals surface area (Å²) in [7, 11) is 0. The molecule has 0 aromatic heterocycles. The summed E-state index contributed by atoms with van der Waals surface area (Å²) in [5, 5.41) is 0. The maximum Gasteiger partial charge on any atom is 0.416 e. The lowest BCUT2D eigenvalue weighted by Crippen LogP contribution is -2.47. The van der Waals surface area contributed by atoms with Crippen molar-refractivity contribution in [2.75, 3.05) is 6.54 Å². The fourth-order valence-corrected chi connectivity index (χ4v) is 2.19. The fraction of sp³-hybridized carbons (Fsp3) is 0.462. The molecule has 104 valence electrons. The number of amides is 1. The highest BCUT2D eigenvalue weighted by Crippen LogP contribution is 2.29. The lowest BCUT2D eigenvalue weighted by atomic mass is 10.0. The first-order chi connectivity index (χ1) is 8.88. The van der Waals surface area contributed by atoms with Gasteiger partial charge < -0.3 is 10.6 Å². The Bertz CT molecular complexity index is 473. The minimum absolute atomic E-state index is 0.177. The number of benzene rings is 1. The lowest BCUT2D eigenvalue weighted by Gasteiger charge is -2.30. The summed E-state index contributed by atoms with van der Waals surface area (Å²) in [5.74, 6) is -0.191. The van der Waals surface area contributed by atoms with Gasteiger partial charge >= 0.3 is 6.18 Å². The van der Waals surface area contributed by atoms with Gasteiger partial charge in [0, 0.05) is 13.1 Å². The van der Waals surface area contributed by atoms with Crippen LogP contribution in [0.3, 0.4) is 0 Å². The molecule has 0 aliphatic carbocycles. The number of halogens is 3. The number of rotatable bonds is 2. The van der Waals surface area contributed by atoms with Crippen LogP contribution in [0.1, 0.15) is 24.0 Å². The normalized spacial score (nSPS) is 20.7. The van der Waals surface area contributed by atoms with Gasteiger partial charge in [0.2, 0.25) is 5.91 Å². The molecule has 0 radical (unpaired) electrons. The topological polar surface area (TPSA) is 46.3 Å². The van der Waals surface area contributed by atoms with Gasteiger partial charge in [0.1, 0.15) is 0 Å². The van der Waals surface area contributed by atoms with Crippen LogP contribution in [0.4, 0.5) is 13.2 Å². The third kappa shape index (κ3) is 3.26. The Morgan fingerprint density at radius 1 is 1.37 bits per heavy atom. The van der Waals surface area contributed by atoms with Crippen molar-refractivity contribution in [3.05, 3.63) is 35.4 Å². The van der Waals surface area contributed by atoms with Crippen LogP contribution >= 0.6 is 0 Å². The smallest absolute Gasteiger partial charge is 0.337 e. The van der Waals surface area contributed by atoms with E-state index in [1.165, 1.54) is 11.0 Å². The van der Waals surface area contributed by atoms with Crippen molar-refractivity contribution in [3.8, 4) is 0 Å².